The maximum absolute atomic E-state index is 8.54. The number of thioether (sulfide) groups is 1. The van der Waals surface area contributed by atoms with Crippen LogP contribution in [0.1, 0.15) is 247 Å². The van der Waals surface area contributed by atoms with E-state index in [4.69, 9.17) is 74.1 Å². The van der Waals surface area contributed by atoms with E-state index in [0.29, 0.717) is 213 Å². The number of likely N-dealkylation sites (N-methyl/N-ethyl adjacent to an activating group) is 2. The van der Waals surface area contributed by atoms with Crippen molar-refractivity contribution in [3.63, 3.8) is 0 Å². The third-order valence-electron chi connectivity index (χ3n) is 28.8. The fraction of sp³-hybridized carbons (Fsp3) is 0.574. The Hall–Kier alpha value is -8.80. The monoisotopic (exact) mass is 2050 g/mol. The van der Waals surface area contributed by atoms with Gasteiger partial charge in [-0.1, -0.05) is 253 Å². The molecule has 7 aliphatic heterocycles. The van der Waals surface area contributed by atoms with Crippen molar-refractivity contribution in [2.75, 3.05) is 165 Å². The van der Waals surface area contributed by atoms with E-state index in [2.05, 4.69) is 281 Å². The molecule has 23 nitrogen and oxygen atoms in total. The molecule has 16 rings (SSSR count). The highest BCUT2D eigenvalue weighted by atomic mass is 35.5. The van der Waals surface area contributed by atoms with Gasteiger partial charge in [0.05, 0.1) is 144 Å². The van der Waals surface area contributed by atoms with Crippen LogP contribution in [0.15, 0.2) is 127 Å². The first kappa shape index (κ1) is 107. The lowest BCUT2D eigenvalue weighted by molar-refractivity contribution is -0.885. The van der Waals surface area contributed by atoms with Crippen LogP contribution >= 0.6 is 58.6 Å². The van der Waals surface area contributed by atoms with Crippen LogP contribution in [0, 0.1) is 53.3 Å². The summed E-state index contributed by atoms with van der Waals surface area (Å²) >= 11 is 15.4. The molecular weight excluding hydrogens is 1890 g/mol. The zero-order chi connectivity index (χ0) is 102. The maximum Gasteiger partial charge on any atom is 0.287 e. The summed E-state index contributed by atoms with van der Waals surface area (Å²) in [4.78, 5) is 49.3. The second-order valence-electron chi connectivity index (χ2n) is 43.3. The number of halogens is 1. The zero-order valence-electron chi connectivity index (χ0n) is 90.2. The van der Waals surface area contributed by atoms with Gasteiger partial charge < -0.3 is 77.2 Å². The molecule has 6 bridgehead atoms. The molecule has 9 heterocycles. The summed E-state index contributed by atoms with van der Waals surface area (Å²) in [5, 5.41) is 8.68. The minimum Gasteiger partial charge on any atom is -0.492 e. The fourth-order valence-electron chi connectivity index (χ4n) is 19.3. The first-order valence-electron chi connectivity index (χ1n) is 53.9. The number of hydrogen-bond donors (Lipinski definition) is 2. The third kappa shape index (κ3) is 22.8. The van der Waals surface area contributed by atoms with Crippen molar-refractivity contribution in [2.45, 2.75) is 270 Å². The number of aromatic nitrogens is 4. The van der Waals surface area contributed by atoms with Gasteiger partial charge in [0.1, 0.15) is 66.7 Å². The Labute approximate surface area is 873 Å². The molecule has 7 aromatic carbocycles. The molecule has 7 aliphatic rings. The molecule has 0 spiro atoms. The lowest BCUT2D eigenvalue weighted by Crippen LogP contribution is -2.40. The van der Waals surface area contributed by atoms with E-state index >= 15 is 0 Å². The standard InChI is InChI=1S/C115H160ClN14O9S4/c1-26-77(27-2)45-54-125-78-39-33-36-42-81(78)141-105-93(125)97(132-61-47-70(10)11)84-86(100(105)135-64-50-73(16)17)111-118-108(84)117-109-85-87(101(136-65-51-74(18)19)106-94(98(85)133-62-48-71(12)13)126(57-55-123(28-3)29-4)79-40-34-37-43-82(79)142-106)110(119-109)120-112-90-88(96(131-60-46-69(8)9)92(116)104(102(90)137-66-52-75(20)21)140-68-59-130(24,25)32-7)114-122-115-89-91(113(121-111)129(115)139-128(112)114)103(138-67-53-76(22)23)107-95(99(89)134-63-49-72(14)15)127(58-56-124(30-5)31-6)80-41-35-38-44-83(80)143-107/h33-44,69-77,111H,26-32,45-68H2,1-25H3,(H,117,118,119,120,121)/q+1/p+1. The van der Waals surface area contributed by atoms with Crippen LogP contribution in [-0.2, 0) is 0 Å². The quantitative estimate of drug-likeness (QED) is 0.0208. The van der Waals surface area contributed by atoms with E-state index in [9.17, 15) is 0 Å². The highest BCUT2D eigenvalue weighted by molar-refractivity contribution is 8.00. The first-order chi connectivity index (χ1) is 68.9. The van der Waals surface area contributed by atoms with Crippen LogP contribution in [-0.4, -0.2) is 179 Å². The highest BCUT2D eigenvalue weighted by Crippen LogP contribution is 2.66. The summed E-state index contributed by atoms with van der Waals surface area (Å²) in [5.74, 6) is 9.89. The van der Waals surface area contributed by atoms with Crippen molar-refractivity contribution in [2.24, 2.45) is 68.2 Å². The Morgan fingerprint density at radius 3 is 1.31 bits per heavy atom. The number of aliphatic imine (C=N–C) groups is 1. The minimum absolute atomic E-state index is 0.270. The number of hydrogen-bond acceptors (Lipinski definition) is 23. The van der Waals surface area contributed by atoms with Crippen molar-refractivity contribution >= 4 is 148 Å². The van der Waals surface area contributed by atoms with Crippen molar-refractivity contribution in [1.29, 1.82) is 0 Å². The van der Waals surface area contributed by atoms with Gasteiger partial charge in [-0.2, -0.15) is 4.63 Å². The molecule has 0 saturated carbocycles. The normalized spacial score (nSPS) is 14.4. The predicted octanol–water partition coefficient (Wildman–Crippen LogP) is 28.4. The lowest BCUT2D eigenvalue weighted by Gasteiger charge is -2.37. The maximum atomic E-state index is 8.54. The number of quaternary nitrogens is 1. The summed E-state index contributed by atoms with van der Waals surface area (Å²) in [6.07, 6.45) is 7.96. The zero-order valence-corrected chi connectivity index (χ0v) is 94.2. The number of para-hydroxylation sites is 3. The van der Waals surface area contributed by atoms with E-state index in [1.807, 2.05) is 9.31 Å². The second kappa shape index (κ2) is 47.6. The minimum atomic E-state index is -1.05. The number of nitrogens with zero attached hydrogens (tertiary/aromatic N) is 12. The number of fused-ring (bicyclic) bond motifs is 21. The van der Waals surface area contributed by atoms with Crippen LogP contribution in [0.2, 0.25) is 5.02 Å². The average molecular weight is 2050 g/mol. The number of nitrogens with one attached hydrogen (secondary N) is 2. The highest BCUT2D eigenvalue weighted by Gasteiger charge is 2.48. The van der Waals surface area contributed by atoms with Gasteiger partial charge in [0, 0.05) is 53.2 Å². The Kier molecular flexibility index (Phi) is 35.6. The van der Waals surface area contributed by atoms with Crippen LogP contribution < -0.4 is 73.6 Å². The molecule has 0 fully saturated rings. The largest absolute Gasteiger partial charge is 0.492 e. The van der Waals surface area contributed by atoms with Gasteiger partial charge in [0.25, 0.3) is 17.3 Å². The van der Waals surface area contributed by atoms with E-state index in [1.165, 1.54) is 0 Å². The number of benzene rings is 7. The molecule has 0 radical (unpaired) electrons. The number of rotatable bonds is 52. The lowest BCUT2D eigenvalue weighted by atomic mass is 9.97. The van der Waals surface area contributed by atoms with Crippen LogP contribution in [0.3, 0.4) is 0 Å². The number of ether oxygens (including phenoxy) is 8. The summed E-state index contributed by atoms with van der Waals surface area (Å²) in [7, 11) is 4.58. The first-order valence-corrected chi connectivity index (χ1v) is 57.7. The Morgan fingerprint density at radius 2 is 0.853 bits per heavy atom. The summed E-state index contributed by atoms with van der Waals surface area (Å²) in [6.45, 7) is 63.9. The molecule has 774 valence electrons. The third-order valence-corrected chi connectivity index (χ3v) is 33.8. The number of aromatic amines is 1. The predicted molar refractivity (Wildman–Crippen MR) is 595 cm³/mol. The van der Waals surface area contributed by atoms with Crippen molar-refractivity contribution < 1.29 is 51.7 Å². The van der Waals surface area contributed by atoms with Gasteiger partial charge in [-0.3, -0.25) is 0 Å². The molecule has 28 heteroatoms. The molecule has 2 N–H and O–H groups in total. The van der Waals surface area contributed by atoms with E-state index < -0.39 is 6.17 Å². The number of amidine groups is 1. The molecule has 9 aromatic rings. The van der Waals surface area contributed by atoms with Crippen LogP contribution in [0.4, 0.5) is 45.8 Å². The molecule has 0 amide bonds. The summed E-state index contributed by atoms with van der Waals surface area (Å²) in [5.41, 5.74) is 8.71. The molecule has 1 unspecified atom stereocenters. The van der Waals surface area contributed by atoms with Gasteiger partial charge in [-0.05, 0) is 190 Å². The Balaban J connectivity index is 1.20. The Morgan fingerprint density at radius 1 is 0.455 bits per heavy atom. The summed E-state index contributed by atoms with van der Waals surface area (Å²) < 4.78 is 76.0. The molecule has 1 atom stereocenters. The van der Waals surface area contributed by atoms with Gasteiger partial charge in [-0.25, -0.2) is 9.98 Å². The van der Waals surface area contributed by atoms with Gasteiger partial charge >= 0.3 is 0 Å². The van der Waals surface area contributed by atoms with Crippen molar-refractivity contribution in [1.82, 2.24) is 24.3 Å². The molecule has 0 saturated heterocycles. The Bertz CT molecular complexity index is 6430. The van der Waals surface area contributed by atoms with E-state index in [-0.39, 0.29) is 47.3 Å². The SMILES string of the molecule is CCC(CC)CCN1c2ccccc2Sc2c(OCCC(C)C)c3c(c(OCCC(C)C)c21)C1=NC3Nc2c3c(OCCC(C)C)c4c(c(OCCC(C)C)c3c3nc5c6c(OCCC(C)C)c(Cl)c(SCC[N+](C)(C)CC)c(OCCC(C)C)c6c([n+]-5on23)N=c2[nH]c(c3c(OCCC(C)C)c5c(c(OCCC(C)C)c23)Sc2ccccc2N5CCN(CC)CC)=N1)N(CCN(CC)CC)c1ccccc1S4. The molecular formula is C115H161ClN14O9S4+2. The molecule has 0 aliphatic carbocycles. The fourth-order valence-corrected chi connectivity index (χ4v) is 24.6. The van der Waals surface area contributed by atoms with Crippen LogP contribution in [0.5, 0.6) is 46.0 Å². The van der Waals surface area contributed by atoms with Gasteiger partial charge in [-0.15, -0.1) is 16.8 Å². The van der Waals surface area contributed by atoms with Crippen LogP contribution in [0.25, 0.3) is 43.8 Å². The number of H-pyrrole nitrogens is 1. The van der Waals surface area contributed by atoms with E-state index in [0.717, 1.165) is 201 Å². The van der Waals surface area contributed by atoms with Crippen molar-refractivity contribution in [3.05, 3.63) is 99.9 Å². The molecule has 2 aromatic heterocycles. The van der Waals surface area contributed by atoms with Crippen molar-refractivity contribution in [3.8, 4) is 51.8 Å². The van der Waals surface area contributed by atoms with Gasteiger partial charge in [0.15, 0.2) is 35.0 Å². The molecule has 143 heavy (non-hydrogen) atoms. The van der Waals surface area contributed by atoms with Gasteiger partial charge in [0.2, 0.25) is 11.3 Å². The smallest absolute Gasteiger partial charge is 0.287 e. The second-order valence-corrected chi connectivity index (χ2v) is 47.9. The summed E-state index contributed by atoms with van der Waals surface area (Å²) in [6, 6.07) is 26.6. The average Bonchev–Trinajstić information content (AvgIpc) is 1.52. The van der Waals surface area contributed by atoms with E-state index in [1.54, 1.807) is 47.0 Å². The number of anilines is 7. The topological polar surface area (TPSA) is 189 Å².